The van der Waals surface area contributed by atoms with Crippen LogP contribution in [0.3, 0.4) is 0 Å². The molecular weight excluding hydrogens is 188 g/mol. The van der Waals surface area contributed by atoms with Gasteiger partial charge in [0.05, 0.1) is 5.75 Å². The SMILES string of the molecule is C#CCSc1nnc(C)c(=O)n1N. The zero-order valence-electron chi connectivity index (χ0n) is 7.02. The molecule has 68 valence electrons. The van der Waals surface area contributed by atoms with E-state index in [1.807, 2.05) is 0 Å². The molecule has 0 saturated carbocycles. The Morgan fingerprint density at radius 2 is 2.38 bits per heavy atom. The van der Waals surface area contributed by atoms with Crippen LogP contribution in [0, 0.1) is 19.3 Å². The highest BCUT2D eigenvalue weighted by Gasteiger charge is 2.05. The Hall–Kier alpha value is -1.48. The van der Waals surface area contributed by atoms with Gasteiger partial charge in [0, 0.05) is 0 Å². The van der Waals surface area contributed by atoms with E-state index in [1.165, 1.54) is 11.8 Å². The average molecular weight is 196 g/mol. The topological polar surface area (TPSA) is 73.8 Å². The predicted molar refractivity (Wildman–Crippen MR) is 50.7 cm³/mol. The first-order valence-electron chi connectivity index (χ1n) is 3.44. The van der Waals surface area contributed by atoms with E-state index in [9.17, 15) is 4.79 Å². The van der Waals surface area contributed by atoms with Crippen LogP contribution in [0.5, 0.6) is 0 Å². The molecule has 0 radical (unpaired) electrons. The maximum atomic E-state index is 11.2. The lowest BCUT2D eigenvalue weighted by molar-refractivity contribution is 0.682. The van der Waals surface area contributed by atoms with Crippen LogP contribution in [-0.4, -0.2) is 20.6 Å². The number of nitrogens with zero attached hydrogens (tertiary/aromatic N) is 3. The average Bonchev–Trinajstić information content (AvgIpc) is 2.13. The Morgan fingerprint density at radius 3 is 3.00 bits per heavy atom. The fourth-order valence-corrected chi connectivity index (χ4v) is 1.21. The summed E-state index contributed by atoms with van der Waals surface area (Å²) in [5.41, 5.74) is -0.0814. The lowest BCUT2D eigenvalue weighted by Gasteiger charge is -2.02. The Bertz CT molecular complexity index is 406. The zero-order valence-corrected chi connectivity index (χ0v) is 7.84. The summed E-state index contributed by atoms with van der Waals surface area (Å²) in [7, 11) is 0. The number of hydrogen-bond donors (Lipinski definition) is 1. The number of aryl methyl sites for hydroxylation is 1. The van der Waals surface area contributed by atoms with Crippen LogP contribution in [0.2, 0.25) is 0 Å². The fourth-order valence-electron chi connectivity index (χ4n) is 0.675. The number of hydrogen-bond acceptors (Lipinski definition) is 5. The van der Waals surface area contributed by atoms with Crippen molar-refractivity contribution in [1.82, 2.24) is 14.9 Å². The van der Waals surface area contributed by atoms with E-state index in [-0.39, 0.29) is 11.3 Å². The molecule has 0 spiro atoms. The van der Waals surface area contributed by atoms with Crippen LogP contribution in [0.25, 0.3) is 0 Å². The molecule has 1 aromatic heterocycles. The smallest absolute Gasteiger partial charge is 0.294 e. The molecule has 0 amide bonds. The van der Waals surface area contributed by atoms with Crippen molar-refractivity contribution in [3.05, 3.63) is 16.0 Å². The summed E-state index contributed by atoms with van der Waals surface area (Å²) in [6.45, 7) is 1.55. The van der Waals surface area contributed by atoms with Gasteiger partial charge in [-0.1, -0.05) is 17.7 Å². The van der Waals surface area contributed by atoms with Crippen molar-refractivity contribution >= 4 is 11.8 Å². The summed E-state index contributed by atoms with van der Waals surface area (Å²) < 4.78 is 0.949. The third kappa shape index (κ3) is 2.00. The van der Waals surface area contributed by atoms with Crippen molar-refractivity contribution < 1.29 is 0 Å². The van der Waals surface area contributed by atoms with Gasteiger partial charge in [-0.25, -0.2) is 0 Å². The maximum Gasteiger partial charge on any atom is 0.294 e. The number of thioether (sulfide) groups is 1. The van der Waals surface area contributed by atoms with Crippen LogP contribution in [-0.2, 0) is 0 Å². The second kappa shape index (κ2) is 3.96. The first-order chi connectivity index (χ1) is 6.16. The fraction of sp³-hybridized carbons (Fsp3) is 0.286. The number of terminal acetylenes is 1. The summed E-state index contributed by atoms with van der Waals surface area (Å²) in [4.78, 5) is 11.2. The first kappa shape index (κ1) is 9.61. The van der Waals surface area contributed by atoms with Gasteiger partial charge in [0.2, 0.25) is 5.16 Å². The summed E-state index contributed by atoms with van der Waals surface area (Å²) >= 11 is 1.20. The molecule has 1 heterocycles. The maximum absolute atomic E-state index is 11.2. The van der Waals surface area contributed by atoms with Crippen LogP contribution in [0.1, 0.15) is 5.69 Å². The lowest BCUT2D eigenvalue weighted by Crippen LogP contribution is -2.32. The van der Waals surface area contributed by atoms with Crippen LogP contribution in [0.15, 0.2) is 9.95 Å². The van der Waals surface area contributed by atoms with E-state index < -0.39 is 0 Å². The molecule has 0 fully saturated rings. The molecule has 0 saturated heterocycles. The second-order valence-electron chi connectivity index (χ2n) is 2.24. The van der Waals surface area contributed by atoms with E-state index in [0.29, 0.717) is 10.9 Å². The summed E-state index contributed by atoms with van der Waals surface area (Å²) in [6.07, 6.45) is 5.05. The molecule has 13 heavy (non-hydrogen) atoms. The van der Waals surface area contributed by atoms with E-state index in [1.54, 1.807) is 6.92 Å². The monoisotopic (exact) mass is 196 g/mol. The first-order valence-corrected chi connectivity index (χ1v) is 4.43. The van der Waals surface area contributed by atoms with E-state index in [4.69, 9.17) is 12.3 Å². The van der Waals surface area contributed by atoms with Gasteiger partial charge >= 0.3 is 0 Å². The molecule has 6 heteroatoms. The van der Waals surface area contributed by atoms with Crippen molar-refractivity contribution in [1.29, 1.82) is 0 Å². The minimum Gasteiger partial charge on any atom is -0.334 e. The lowest BCUT2D eigenvalue weighted by atomic mass is 10.5. The highest BCUT2D eigenvalue weighted by molar-refractivity contribution is 7.99. The molecule has 0 aliphatic heterocycles. The highest BCUT2D eigenvalue weighted by Crippen LogP contribution is 2.09. The predicted octanol–water partition coefficient (Wildman–Crippen LogP) is -0.614. The zero-order chi connectivity index (χ0) is 9.84. The van der Waals surface area contributed by atoms with E-state index in [2.05, 4.69) is 16.1 Å². The number of rotatable bonds is 2. The standard InChI is InChI=1S/C7H8N4OS/c1-3-4-13-7-10-9-5(2)6(12)11(7)8/h1H,4,8H2,2H3. The van der Waals surface area contributed by atoms with Gasteiger partial charge in [0.15, 0.2) is 0 Å². The molecule has 0 aliphatic carbocycles. The van der Waals surface area contributed by atoms with Gasteiger partial charge in [-0.3, -0.25) is 4.79 Å². The number of nitrogen functional groups attached to an aromatic ring is 1. The molecule has 5 nitrogen and oxygen atoms in total. The third-order valence-electron chi connectivity index (χ3n) is 1.30. The Morgan fingerprint density at radius 1 is 1.69 bits per heavy atom. The Kier molecular flexibility index (Phi) is 2.93. The molecule has 0 aliphatic rings. The van der Waals surface area contributed by atoms with Crippen LogP contribution >= 0.6 is 11.8 Å². The highest BCUT2D eigenvalue weighted by atomic mass is 32.2. The summed E-state index contributed by atoms with van der Waals surface area (Å²) in [5.74, 6) is 8.25. The molecule has 0 unspecified atom stereocenters. The quantitative estimate of drug-likeness (QED) is 0.388. The van der Waals surface area contributed by atoms with Crippen molar-refractivity contribution in [2.75, 3.05) is 11.6 Å². The normalized spacial score (nSPS) is 9.54. The largest absolute Gasteiger partial charge is 0.334 e. The summed E-state index contributed by atoms with van der Waals surface area (Å²) in [6, 6.07) is 0. The van der Waals surface area contributed by atoms with E-state index in [0.717, 1.165) is 4.68 Å². The molecule has 1 aromatic rings. The molecule has 1 rings (SSSR count). The molecule has 0 bridgehead atoms. The summed E-state index contributed by atoms with van der Waals surface area (Å²) in [5, 5.41) is 7.70. The molecule has 0 aromatic carbocycles. The Labute approximate surface area is 79.3 Å². The number of aromatic nitrogens is 3. The van der Waals surface area contributed by atoms with Crippen molar-refractivity contribution in [3.8, 4) is 12.3 Å². The third-order valence-corrected chi connectivity index (χ3v) is 2.15. The van der Waals surface area contributed by atoms with Crippen molar-refractivity contribution in [3.63, 3.8) is 0 Å². The molecule has 2 N–H and O–H groups in total. The van der Waals surface area contributed by atoms with Crippen LogP contribution in [0.4, 0.5) is 0 Å². The second-order valence-corrected chi connectivity index (χ2v) is 3.18. The van der Waals surface area contributed by atoms with E-state index >= 15 is 0 Å². The molecule has 0 atom stereocenters. The van der Waals surface area contributed by atoms with Gasteiger partial charge in [-0.15, -0.1) is 16.6 Å². The van der Waals surface area contributed by atoms with Gasteiger partial charge in [0.1, 0.15) is 5.69 Å². The van der Waals surface area contributed by atoms with Crippen LogP contribution < -0.4 is 11.4 Å². The minimum atomic E-state index is -0.352. The van der Waals surface area contributed by atoms with Gasteiger partial charge in [-0.05, 0) is 6.92 Å². The minimum absolute atomic E-state index is 0.271. The van der Waals surface area contributed by atoms with Crippen molar-refractivity contribution in [2.24, 2.45) is 0 Å². The van der Waals surface area contributed by atoms with Gasteiger partial charge in [-0.2, -0.15) is 4.68 Å². The molecular formula is C7H8N4OS. The van der Waals surface area contributed by atoms with Gasteiger partial charge in [0.25, 0.3) is 5.56 Å². The number of nitrogens with two attached hydrogens (primary N) is 1. The van der Waals surface area contributed by atoms with Crippen molar-refractivity contribution in [2.45, 2.75) is 12.1 Å². The van der Waals surface area contributed by atoms with Gasteiger partial charge < -0.3 is 5.84 Å². The Balaban J connectivity index is 3.06.